The Hall–Kier alpha value is -3.70. The van der Waals surface area contributed by atoms with Crippen LogP contribution in [0.5, 0.6) is 5.75 Å². The first-order valence-corrected chi connectivity index (χ1v) is 11.7. The number of benzene rings is 1. The lowest BCUT2D eigenvalue weighted by atomic mass is 9.67. The first kappa shape index (κ1) is 21.4. The van der Waals surface area contributed by atoms with E-state index in [0.29, 0.717) is 11.0 Å². The normalized spacial score (nSPS) is 24.2. The molecule has 37 heavy (non-hydrogen) atoms. The number of halogens is 4. The largest absolute Gasteiger partial charge is 0.494 e. The predicted octanol–water partition coefficient (Wildman–Crippen LogP) is 4.13. The van der Waals surface area contributed by atoms with Crippen molar-refractivity contribution in [2.45, 2.75) is 55.7 Å². The van der Waals surface area contributed by atoms with E-state index in [-0.39, 0.29) is 17.8 Å². The number of hydrogen-bond acceptors (Lipinski definition) is 5. The molecule has 2 atom stereocenters. The summed E-state index contributed by atoms with van der Waals surface area (Å²) in [5.41, 5.74) is -0.594. The van der Waals surface area contributed by atoms with Gasteiger partial charge in [-0.05, 0) is 42.7 Å². The highest BCUT2D eigenvalue weighted by Crippen LogP contribution is 2.48. The maximum atomic E-state index is 14.9. The first-order chi connectivity index (χ1) is 18.8. The summed E-state index contributed by atoms with van der Waals surface area (Å²) in [6, 6.07) is 5.00. The Morgan fingerprint density at radius 3 is 2.73 bits per heavy atom. The van der Waals surface area contributed by atoms with Gasteiger partial charge < -0.3 is 15.0 Å². The molecule has 2 N–H and O–H groups in total. The van der Waals surface area contributed by atoms with Gasteiger partial charge in [-0.15, -0.1) is 0 Å². The lowest BCUT2D eigenvalue weighted by Crippen LogP contribution is -2.54. The van der Waals surface area contributed by atoms with Crippen LogP contribution in [-0.2, 0) is 15.0 Å². The average Bonchev–Trinajstić information content (AvgIpc) is 3.50. The van der Waals surface area contributed by atoms with Gasteiger partial charge in [-0.1, -0.05) is 6.07 Å². The first-order valence-electron chi connectivity index (χ1n) is 13.2. The molecule has 1 aliphatic carbocycles. The second-order valence-corrected chi connectivity index (χ2v) is 9.48. The number of nitrogens with one attached hydrogen (secondary N) is 2. The fourth-order valence-corrected chi connectivity index (χ4v) is 5.19. The highest BCUT2D eigenvalue weighted by Gasteiger charge is 2.53. The van der Waals surface area contributed by atoms with Gasteiger partial charge in [0.1, 0.15) is 23.5 Å². The molecule has 0 spiro atoms. The fourth-order valence-electron chi connectivity index (χ4n) is 5.19. The number of methoxy groups -OCH3 is 1. The molecule has 1 aliphatic heterocycles. The molecule has 196 valence electrons. The Morgan fingerprint density at radius 1 is 1.22 bits per heavy atom. The number of nitrogens with zero attached hydrogens (tertiary/aromatic N) is 3. The molecule has 1 saturated heterocycles. The van der Waals surface area contributed by atoms with Crippen LogP contribution in [0.15, 0.2) is 36.5 Å². The van der Waals surface area contributed by atoms with Crippen LogP contribution in [0.2, 0.25) is 0 Å². The Morgan fingerprint density at radius 2 is 2.00 bits per heavy atom. The van der Waals surface area contributed by atoms with Gasteiger partial charge in [0.05, 0.1) is 34.8 Å². The molecule has 5 rings (SSSR count). The Labute approximate surface area is 213 Å². The van der Waals surface area contributed by atoms with Crippen LogP contribution in [0.1, 0.15) is 41.8 Å². The number of ether oxygens (including phenoxy) is 1. The summed E-state index contributed by atoms with van der Waals surface area (Å²) in [4.78, 5) is 32.6. The predicted molar refractivity (Wildman–Crippen MR) is 126 cm³/mol. The van der Waals surface area contributed by atoms with E-state index >= 15 is 0 Å². The number of pyridine rings is 1. The third kappa shape index (κ3) is 4.60. The van der Waals surface area contributed by atoms with Crippen molar-refractivity contribution in [3.8, 4) is 5.75 Å². The Bertz CT molecular complexity index is 1440. The van der Waals surface area contributed by atoms with E-state index in [1.165, 1.54) is 18.3 Å². The zero-order valence-corrected chi connectivity index (χ0v) is 19.4. The van der Waals surface area contributed by atoms with Crippen molar-refractivity contribution in [3.63, 3.8) is 0 Å². The van der Waals surface area contributed by atoms with E-state index in [9.17, 15) is 27.2 Å². The summed E-state index contributed by atoms with van der Waals surface area (Å²) in [6.07, 6.45) is -2.59. The van der Waals surface area contributed by atoms with Crippen LogP contribution in [0.25, 0.3) is 11.0 Å². The van der Waals surface area contributed by atoms with Crippen molar-refractivity contribution in [2.75, 3.05) is 18.9 Å². The van der Waals surface area contributed by atoms with Gasteiger partial charge in [0, 0.05) is 19.3 Å². The number of alkyl halides is 3. The lowest BCUT2D eigenvalue weighted by molar-refractivity contribution is -0.146. The molecule has 0 radical (unpaired) electrons. The smallest absolute Gasteiger partial charge is 0.248 e. The van der Waals surface area contributed by atoms with E-state index in [0.717, 1.165) is 17.0 Å². The molecule has 1 aromatic carbocycles. The number of hydrogen-bond donors (Lipinski definition) is 2. The number of carbonyl (C=O) groups excluding carboxylic acids is 2. The van der Waals surface area contributed by atoms with Gasteiger partial charge in [0.25, 0.3) is 0 Å². The van der Waals surface area contributed by atoms with Crippen LogP contribution in [0.4, 0.5) is 23.4 Å². The third-order valence-corrected chi connectivity index (χ3v) is 7.20. The van der Waals surface area contributed by atoms with Gasteiger partial charge in [-0.3, -0.25) is 14.7 Å². The number of carbonyl (C=O) groups is 2. The monoisotopic (exact) mass is 522 g/mol. The van der Waals surface area contributed by atoms with Crippen LogP contribution in [0, 0.1) is 5.82 Å². The quantitative estimate of drug-likeness (QED) is 0.491. The molecule has 1 saturated carbocycles. The van der Waals surface area contributed by atoms with Crippen LogP contribution in [-0.4, -0.2) is 63.6 Å². The standard InChI is InChI=1S/C25H25F4N5O3/c1-37-20-4-2-14(10-16(20)27)24(6-8-25(28,29)9-7-24)23(36)34-13-15(26)11-19(34)22(35)32-21-5-3-17-18(31-21)12-30-33-17/h2-5,10,12,15,19H,6-9,11,13H2,1H3,(H,30,33)(H,31,32,35)/t15-,19-/m1/s1/i1D3. The number of anilines is 1. The zero-order valence-electron chi connectivity index (χ0n) is 22.4. The van der Waals surface area contributed by atoms with Gasteiger partial charge in [-0.2, -0.15) is 5.10 Å². The van der Waals surface area contributed by atoms with E-state index < -0.39 is 86.2 Å². The number of rotatable bonds is 5. The van der Waals surface area contributed by atoms with E-state index in [4.69, 9.17) is 4.11 Å². The molecule has 2 amide bonds. The minimum Gasteiger partial charge on any atom is -0.494 e. The number of fused-ring (bicyclic) bond motifs is 1. The van der Waals surface area contributed by atoms with Crippen molar-refractivity contribution in [1.29, 1.82) is 0 Å². The molecule has 0 unspecified atom stereocenters. The second kappa shape index (κ2) is 9.31. The lowest BCUT2D eigenvalue weighted by Gasteiger charge is -2.42. The van der Waals surface area contributed by atoms with Gasteiger partial charge >= 0.3 is 0 Å². The number of aromatic nitrogens is 3. The van der Waals surface area contributed by atoms with Crippen molar-refractivity contribution in [2.24, 2.45) is 0 Å². The van der Waals surface area contributed by atoms with Crippen molar-refractivity contribution in [1.82, 2.24) is 20.1 Å². The molecule has 3 heterocycles. The summed E-state index contributed by atoms with van der Waals surface area (Å²) in [5.74, 6) is -6.12. The summed E-state index contributed by atoms with van der Waals surface area (Å²) in [7, 11) is -2.94. The molecular weight excluding hydrogens is 494 g/mol. The summed E-state index contributed by atoms with van der Waals surface area (Å²) in [6.45, 7) is -0.452. The van der Waals surface area contributed by atoms with Crippen LogP contribution < -0.4 is 10.1 Å². The topological polar surface area (TPSA) is 100 Å². The van der Waals surface area contributed by atoms with Crippen molar-refractivity contribution < 1.29 is 36.0 Å². The Kier molecular flexibility index (Phi) is 5.38. The van der Waals surface area contributed by atoms with Crippen LogP contribution in [0.3, 0.4) is 0 Å². The summed E-state index contributed by atoms with van der Waals surface area (Å²) >= 11 is 0. The van der Waals surface area contributed by atoms with Crippen molar-refractivity contribution in [3.05, 3.63) is 47.9 Å². The molecule has 8 nitrogen and oxygen atoms in total. The maximum absolute atomic E-state index is 14.9. The molecule has 2 aromatic heterocycles. The molecule has 3 aromatic rings. The second-order valence-electron chi connectivity index (χ2n) is 9.48. The van der Waals surface area contributed by atoms with E-state index in [1.54, 1.807) is 6.07 Å². The van der Waals surface area contributed by atoms with Gasteiger partial charge in [0.15, 0.2) is 11.6 Å². The average molecular weight is 523 g/mol. The van der Waals surface area contributed by atoms with Gasteiger partial charge in [0.2, 0.25) is 17.7 Å². The molecule has 0 bridgehead atoms. The highest BCUT2D eigenvalue weighted by atomic mass is 19.3. The minimum atomic E-state index is -3.06. The number of likely N-dealkylation sites (tertiary alicyclic amines) is 1. The van der Waals surface area contributed by atoms with E-state index in [2.05, 4.69) is 25.2 Å². The maximum Gasteiger partial charge on any atom is 0.248 e. The number of H-pyrrole nitrogens is 1. The Balaban J connectivity index is 1.45. The number of aromatic amines is 1. The third-order valence-electron chi connectivity index (χ3n) is 7.20. The van der Waals surface area contributed by atoms with E-state index in [1.807, 2.05) is 0 Å². The molecule has 2 fully saturated rings. The summed E-state index contributed by atoms with van der Waals surface area (Å²) in [5, 5.41) is 9.15. The van der Waals surface area contributed by atoms with Gasteiger partial charge in [-0.25, -0.2) is 22.5 Å². The molecular formula is C25H25F4N5O3. The molecule has 2 aliphatic rings. The van der Waals surface area contributed by atoms with Crippen molar-refractivity contribution >= 4 is 28.7 Å². The molecule has 12 heteroatoms. The zero-order chi connectivity index (χ0) is 28.9. The minimum absolute atomic E-state index is 0.0111. The van der Waals surface area contributed by atoms with Crippen LogP contribution >= 0.6 is 0 Å². The SMILES string of the molecule is [2H]C([2H])([2H])Oc1ccc(C2(C(=O)N3C[C@H](F)C[C@@H]3C(=O)Nc3ccc4[nH]ncc4n3)CCC(F)(F)CC2)cc1F. The fraction of sp³-hybridized carbons (Fsp3) is 0.440. The summed E-state index contributed by atoms with van der Waals surface area (Å²) < 4.78 is 84.2. The highest BCUT2D eigenvalue weighted by molar-refractivity contribution is 5.99. The number of amides is 2.